The fraction of sp³-hybridized carbons (Fsp3) is 0.0556. The van der Waals surface area contributed by atoms with Gasteiger partial charge in [-0.25, -0.2) is 9.97 Å². The van der Waals surface area contributed by atoms with Crippen LogP contribution in [0, 0.1) is 0 Å². The minimum atomic E-state index is -0.331. The highest BCUT2D eigenvalue weighted by Gasteiger charge is 2.11. The van der Waals surface area contributed by atoms with Crippen LogP contribution < -0.4 is 10.1 Å². The number of carbonyl (C=O) groups is 1. The molecule has 1 N–H and O–H groups in total. The number of benzene rings is 1. The maximum Gasteiger partial charge on any atom is 0.257 e. The van der Waals surface area contributed by atoms with Gasteiger partial charge in [-0.05, 0) is 29.8 Å². The molecule has 0 bridgehead atoms. The summed E-state index contributed by atoms with van der Waals surface area (Å²) in [7, 11) is 0. The van der Waals surface area contributed by atoms with Crippen LogP contribution in [0.5, 0.6) is 5.75 Å². The highest BCUT2D eigenvalue weighted by Crippen LogP contribution is 2.23. The first-order valence-corrected chi connectivity index (χ1v) is 7.65. The van der Waals surface area contributed by atoms with Gasteiger partial charge in [-0.15, -0.1) is 0 Å². The molecule has 0 aliphatic carbocycles. The number of nitrogens with zero attached hydrogens (tertiary/aromatic N) is 2. The smallest absolute Gasteiger partial charge is 0.257 e. The van der Waals surface area contributed by atoms with Crippen molar-refractivity contribution < 1.29 is 9.53 Å². The standard InChI is InChI=1S/C18H14ClN3O2/c19-16-11-14(8-10-20-16)18(23)22-17-15(7-4-9-21-17)24-12-13-5-2-1-3-6-13/h1-11H,12H2,(H,21,22,23). The molecule has 0 atom stereocenters. The number of hydrogen-bond donors (Lipinski definition) is 1. The lowest BCUT2D eigenvalue weighted by molar-refractivity contribution is 0.102. The molecule has 120 valence electrons. The molecule has 3 aromatic rings. The lowest BCUT2D eigenvalue weighted by Gasteiger charge is -2.11. The van der Waals surface area contributed by atoms with Crippen molar-refractivity contribution in [3.63, 3.8) is 0 Å². The van der Waals surface area contributed by atoms with E-state index < -0.39 is 0 Å². The van der Waals surface area contributed by atoms with E-state index in [2.05, 4.69) is 15.3 Å². The van der Waals surface area contributed by atoms with E-state index in [0.717, 1.165) is 5.56 Å². The van der Waals surface area contributed by atoms with E-state index in [4.69, 9.17) is 16.3 Å². The van der Waals surface area contributed by atoms with Gasteiger partial charge in [0, 0.05) is 18.0 Å². The van der Waals surface area contributed by atoms with Crippen molar-refractivity contribution in [2.24, 2.45) is 0 Å². The summed E-state index contributed by atoms with van der Waals surface area (Å²) in [5.41, 5.74) is 1.43. The second kappa shape index (κ2) is 7.57. The maximum absolute atomic E-state index is 12.3. The molecule has 0 saturated carbocycles. The molecule has 0 aliphatic heterocycles. The highest BCUT2D eigenvalue weighted by atomic mass is 35.5. The minimum Gasteiger partial charge on any atom is -0.485 e. The summed E-state index contributed by atoms with van der Waals surface area (Å²) in [6.45, 7) is 0.385. The number of pyridine rings is 2. The Kier molecular flexibility index (Phi) is 5.03. The second-order valence-electron chi connectivity index (χ2n) is 4.95. The van der Waals surface area contributed by atoms with Gasteiger partial charge in [-0.1, -0.05) is 41.9 Å². The first kappa shape index (κ1) is 16.0. The molecule has 1 amide bonds. The topological polar surface area (TPSA) is 64.1 Å². The van der Waals surface area contributed by atoms with Gasteiger partial charge in [0.05, 0.1) is 0 Å². The molecular weight excluding hydrogens is 326 g/mol. The predicted molar refractivity (Wildman–Crippen MR) is 92.2 cm³/mol. The van der Waals surface area contributed by atoms with Crippen LogP contribution in [0.2, 0.25) is 5.15 Å². The quantitative estimate of drug-likeness (QED) is 0.714. The number of nitrogens with one attached hydrogen (secondary N) is 1. The van der Waals surface area contributed by atoms with Gasteiger partial charge in [-0.3, -0.25) is 4.79 Å². The third kappa shape index (κ3) is 4.08. The molecule has 5 nitrogen and oxygen atoms in total. The summed E-state index contributed by atoms with van der Waals surface area (Å²) in [5, 5.41) is 2.98. The van der Waals surface area contributed by atoms with E-state index >= 15 is 0 Å². The van der Waals surface area contributed by atoms with E-state index in [9.17, 15) is 4.79 Å². The number of carbonyl (C=O) groups excluding carboxylic acids is 1. The third-order valence-corrected chi connectivity index (χ3v) is 3.44. The Hall–Kier alpha value is -2.92. The van der Waals surface area contributed by atoms with Crippen molar-refractivity contribution in [3.05, 3.63) is 83.3 Å². The van der Waals surface area contributed by atoms with Crippen molar-refractivity contribution in [1.29, 1.82) is 0 Å². The Morgan fingerprint density at radius 3 is 2.67 bits per heavy atom. The summed E-state index contributed by atoms with van der Waals surface area (Å²) >= 11 is 5.81. The first-order chi connectivity index (χ1) is 11.7. The van der Waals surface area contributed by atoms with Gasteiger partial charge in [-0.2, -0.15) is 0 Å². The molecule has 0 fully saturated rings. The summed E-state index contributed by atoms with van der Waals surface area (Å²) in [6.07, 6.45) is 3.06. The zero-order valence-electron chi connectivity index (χ0n) is 12.6. The number of hydrogen-bond acceptors (Lipinski definition) is 4. The van der Waals surface area contributed by atoms with Crippen molar-refractivity contribution >= 4 is 23.3 Å². The number of rotatable bonds is 5. The molecule has 2 aromatic heterocycles. The SMILES string of the molecule is O=C(Nc1ncccc1OCc1ccccc1)c1ccnc(Cl)c1. The summed E-state index contributed by atoms with van der Waals surface area (Å²) in [6, 6.07) is 16.3. The molecule has 6 heteroatoms. The first-order valence-electron chi connectivity index (χ1n) is 7.27. The fourth-order valence-electron chi connectivity index (χ4n) is 2.06. The van der Waals surface area contributed by atoms with Crippen LogP contribution in [0.1, 0.15) is 15.9 Å². The predicted octanol–water partition coefficient (Wildman–Crippen LogP) is 3.96. The van der Waals surface area contributed by atoms with Crippen LogP contribution in [0.25, 0.3) is 0 Å². The number of amides is 1. The van der Waals surface area contributed by atoms with Gasteiger partial charge < -0.3 is 10.1 Å². The molecule has 3 rings (SSSR count). The number of aromatic nitrogens is 2. The van der Waals surface area contributed by atoms with E-state index in [1.165, 1.54) is 12.3 Å². The average Bonchev–Trinajstić information content (AvgIpc) is 2.62. The van der Waals surface area contributed by atoms with Crippen molar-refractivity contribution in [2.75, 3.05) is 5.32 Å². The third-order valence-electron chi connectivity index (χ3n) is 3.23. The van der Waals surface area contributed by atoms with Crippen LogP contribution in [-0.4, -0.2) is 15.9 Å². The van der Waals surface area contributed by atoms with Crippen LogP contribution >= 0.6 is 11.6 Å². The van der Waals surface area contributed by atoms with E-state index in [0.29, 0.717) is 23.7 Å². The molecule has 0 aliphatic rings. The normalized spacial score (nSPS) is 10.2. The van der Waals surface area contributed by atoms with E-state index in [-0.39, 0.29) is 11.1 Å². The van der Waals surface area contributed by atoms with Gasteiger partial charge in [0.2, 0.25) is 0 Å². The van der Waals surface area contributed by atoms with Crippen molar-refractivity contribution in [2.45, 2.75) is 6.61 Å². The molecule has 0 unspecified atom stereocenters. The molecule has 0 radical (unpaired) electrons. The minimum absolute atomic E-state index is 0.254. The largest absolute Gasteiger partial charge is 0.485 e. The molecule has 0 spiro atoms. The molecule has 24 heavy (non-hydrogen) atoms. The Morgan fingerprint density at radius 1 is 1.04 bits per heavy atom. The van der Waals surface area contributed by atoms with E-state index in [1.807, 2.05) is 30.3 Å². The molecule has 1 aromatic carbocycles. The lowest BCUT2D eigenvalue weighted by Crippen LogP contribution is -2.14. The second-order valence-corrected chi connectivity index (χ2v) is 5.33. The van der Waals surface area contributed by atoms with Gasteiger partial charge >= 0.3 is 0 Å². The van der Waals surface area contributed by atoms with Crippen LogP contribution in [-0.2, 0) is 6.61 Å². The van der Waals surface area contributed by atoms with Crippen molar-refractivity contribution in [3.8, 4) is 5.75 Å². The van der Waals surface area contributed by atoms with Crippen molar-refractivity contribution in [1.82, 2.24) is 9.97 Å². The monoisotopic (exact) mass is 339 g/mol. The summed E-state index contributed by atoms with van der Waals surface area (Å²) < 4.78 is 5.77. The Balaban J connectivity index is 1.73. The molecular formula is C18H14ClN3O2. The van der Waals surface area contributed by atoms with Gasteiger partial charge in [0.1, 0.15) is 11.8 Å². The Morgan fingerprint density at radius 2 is 1.88 bits per heavy atom. The maximum atomic E-state index is 12.3. The fourth-order valence-corrected chi connectivity index (χ4v) is 2.23. The van der Waals surface area contributed by atoms with Crippen LogP contribution in [0.15, 0.2) is 67.0 Å². The summed E-state index contributed by atoms with van der Waals surface area (Å²) in [5.74, 6) is 0.517. The van der Waals surface area contributed by atoms with Crippen LogP contribution in [0.4, 0.5) is 5.82 Å². The summed E-state index contributed by atoms with van der Waals surface area (Å²) in [4.78, 5) is 20.3. The van der Waals surface area contributed by atoms with Gasteiger partial charge in [0.15, 0.2) is 11.6 Å². The van der Waals surface area contributed by atoms with E-state index in [1.54, 1.807) is 24.4 Å². The lowest BCUT2D eigenvalue weighted by atomic mass is 10.2. The number of ether oxygens (including phenoxy) is 1. The van der Waals surface area contributed by atoms with Crippen LogP contribution in [0.3, 0.4) is 0 Å². The average molecular weight is 340 g/mol. The number of anilines is 1. The zero-order chi connectivity index (χ0) is 16.8. The Bertz CT molecular complexity index is 840. The number of halogens is 1. The van der Waals surface area contributed by atoms with Gasteiger partial charge in [0.25, 0.3) is 5.91 Å². The molecule has 2 heterocycles. The Labute approximate surface area is 144 Å². The zero-order valence-corrected chi connectivity index (χ0v) is 13.4. The molecule has 0 saturated heterocycles. The highest BCUT2D eigenvalue weighted by molar-refractivity contribution is 6.29.